The summed E-state index contributed by atoms with van der Waals surface area (Å²) in [5.41, 5.74) is 18.3. The molecule has 0 radical (unpaired) electrons. The number of benzene rings is 9. The van der Waals surface area contributed by atoms with Crippen molar-refractivity contribution in [2.24, 2.45) is 0 Å². The van der Waals surface area contributed by atoms with Crippen LogP contribution in [0.25, 0.3) is 72.1 Å². The van der Waals surface area contributed by atoms with Gasteiger partial charge in [0.25, 0.3) is 0 Å². The number of rotatable bonds is 9. The van der Waals surface area contributed by atoms with Gasteiger partial charge >= 0.3 is 0 Å². The van der Waals surface area contributed by atoms with Gasteiger partial charge in [-0.2, -0.15) is 0 Å². The molecule has 1 atom stereocenters. The Morgan fingerprint density at radius 3 is 1.90 bits per heavy atom. The normalized spacial score (nSPS) is 16.1. The topological polar surface area (TPSA) is 0 Å². The molecule has 0 saturated carbocycles. The fourth-order valence-electron chi connectivity index (χ4n) is 9.82. The maximum atomic E-state index is 2.45. The van der Waals surface area contributed by atoms with Gasteiger partial charge in [0.15, 0.2) is 0 Å². The Labute approximate surface area is 404 Å². The summed E-state index contributed by atoms with van der Waals surface area (Å²) in [6, 6.07) is 75.5. The van der Waals surface area contributed by atoms with E-state index in [9.17, 15) is 0 Å². The van der Waals surface area contributed by atoms with E-state index in [0.29, 0.717) is 0 Å². The fraction of sp³-hybridized carbons (Fsp3) is 0.0882. The molecule has 1 aliphatic rings. The van der Waals surface area contributed by atoms with E-state index in [1.54, 1.807) is 0 Å². The van der Waals surface area contributed by atoms with Gasteiger partial charge in [-0.1, -0.05) is 263 Å². The molecular weight excluding hydrogens is 817 g/mol. The van der Waals surface area contributed by atoms with Gasteiger partial charge in [0.05, 0.1) is 0 Å². The van der Waals surface area contributed by atoms with E-state index in [2.05, 4.69) is 275 Å². The molecule has 9 aromatic rings. The summed E-state index contributed by atoms with van der Waals surface area (Å²) >= 11 is 0. The van der Waals surface area contributed by atoms with Crippen LogP contribution in [0.15, 0.2) is 260 Å². The Balaban J connectivity index is 0.00000285. The Hall–Kier alpha value is -8.06. The van der Waals surface area contributed by atoms with Crippen LogP contribution in [-0.2, 0) is 0 Å². The highest BCUT2D eigenvalue weighted by atomic mass is 14.3. The summed E-state index contributed by atoms with van der Waals surface area (Å²) in [5.74, 6) is 0.194. The average Bonchev–Trinajstić information content (AvgIpc) is 3.41. The molecule has 0 aliphatic heterocycles. The second-order valence-electron chi connectivity index (χ2n) is 17.1. The van der Waals surface area contributed by atoms with E-state index in [-0.39, 0.29) is 5.92 Å². The van der Waals surface area contributed by atoms with Crippen molar-refractivity contribution in [3.8, 4) is 33.4 Å². The number of fused-ring (bicyclic) bond motifs is 4. The molecule has 9 aromatic carbocycles. The molecule has 0 heteroatoms. The molecule has 10 rings (SSSR count). The zero-order valence-electron chi connectivity index (χ0n) is 39.6. The fourth-order valence-corrected chi connectivity index (χ4v) is 9.82. The molecule has 0 amide bonds. The Morgan fingerprint density at radius 1 is 0.500 bits per heavy atom. The van der Waals surface area contributed by atoms with Crippen LogP contribution in [0.5, 0.6) is 0 Å². The highest BCUT2D eigenvalue weighted by Gasteiger charge is 2.23. The molecule has 0 saturated heterocycles. The van der Waals surface area contributed by atoms with Gasteiger partial charge in [0, 0.05) is 5.92 Å². The van der Waals surface area contributed by atoms with Crippen molar-refractivity contribution in [3.63, 3.8) is 0 Å². The maximum absolute atomic E-state index is 2.45. The lowest BCUT2D eigenvalue weighted by molar-refractivity contribution is 0.826. The zero-order valence-corrected chi connectivity index (χ0v) is 39.6. The van der Waals surface area contributed by atoms with Crippen molar-refractivity contribution < 1.29 is 0 Å². The summed E-state index contributed by atoms with van der Waals surface area (Å²) in [4.78, 5) is 0. The SMILES string of the molecule is CC.C\C=C/C(=C\C=C\c1cc2ccccc2c2ccccc12)c1ccccc1-c1ccc(-c2ccc(-c3ccccc3)cc2)c(\C2=C(C)/C=C\C=C/CC(c3ccccc3)c3ccccc32)c1. The van der Waals surface area contributed by atoms with Crippen molar-refractivity contribution in [3.05, 3.63) is 294 Å². The smallest absolute Gasteiger partial charge is 0.0130 e. The van der Waals surface area contributed by atoms with Crippen molar-refractivity contribution in [1.29, 1.82) is 0 Å². The first-order valence-electron chi connectivity index (χ1n) is 24.1. The van der Waals surface area contributed by atoms with E-state index < -0.39 is 0 Å². The van der Waals surface area contributed by atoms with Crippen molar-refractivity contribution in [2.75, 3.05) is 0 Å². The van der Waals surface area contributed by atoms with Crippen molar-refractivity contribution >= 4 is 38.8 Å². The third-order valence-electron chi connectivity index (χ3n) is 13.0. The first-order chi connectivity index (χ1) is 33.6. The van der Waals surface area contributed by atoms with Crippen LogP contribution in [0, 0.1) is 0 Å². The lowest BCUT2D eigenvalue weighted by atomic mass is 9.78. The largest absolute Gasteiger partial charge is 0.0870 e. The van der Waals surface area contributed by atoms with Gasteiger partial charge in [-0.15, -0.1) is 0 Å². The molecule has 330 valence electrons. The highest BCUT2D eigenvalue weighted by Crippen LogP contribution is 2.44. The van der Waals surface area contributed by atoms with Crippen molar-refractivity contribution in [2.45, 2.75) is 40.0 Å². The lowest BCUT2D eigenvalue weighted by Crippen LogP contribution is -2.06. The van der Waals surface area contributed by atoms with Crippen LogP contribution in [0.4, 0.5) is 0 Å². The van der Waals surface area contributed by atoms with Crippen LogP contribution >= 0.6 is 0 Å². The summed E-state index contributed by atoms with van der Waals surface area (Å²) in [6.07, 6.45) is 21.0. The molecule has 1 unspecified atom stereocenters. The van der Waals surface area contributed by atoms with Gasteiger partial charge in [-0.05, 0) is 137 Å². The molecular formula is C68H58. The van der Waals surface area contributed by atoms with E-state index in [1.807, 2.05) is 13.8 Å². The van der Waals surface area contributed by atoms with Crippen LogP contribution < -0.4 is 0 Å². The second kappa shape index (κ2) is 21.5. The van der Waals surface area contributed by atoms with Gasteiger partial charge in [-0.3, -0.25) is 0 Å². The average molecular weight is 875 g/mol. The molecule has 0 nitrogen and oxygen atoms in total. The van der Waals surface area contributed by atoms with Crippen LogP contribution in [0.3, 0.4) is 0 Å². The van der Waals surface area contributed by atoms with Gasteiger partial charge in [0.1, 0.15) is 0 Å². The van der Waals surface area contributed by atoms with E-state index in [0.717, 1.165) is 12.0 Å². The first-order valence-corrected chi connectivity index (χ1v) is 24.1. The van der Waals surface area contributed by atoms with Crippen LogP contribution in [0.2, 0.25) is 0 Å². The van der Waals surface area contributed by atoms with Crippen molar-refractivity contribution in [1.82, 2.24) is 0 Å². The van der Waals surface area contributed by atoms with Gasteiger partial charge < -0.3 is 0 Å². The number of hydrogen-bond donors (Lipinski definition) is 0. The zero-order chi connectivity index (χ0) is 46.7. The molecule has 0 N–H and O–H groups in total. The predicted molar refractivity (Wildman–Crippen MR) is 297 cm³/mol. The molecule has 0 bridgehead atoms. The van der Waals surface area contributed by atoms with E-state index in [4.69, 9.17) is 0 Å². The number of hydrogen-bond acceptors (Lipinski definition) is 0. The minimum absolute atomic E-state index is 0.194. The van der Waals surface area contributed by atoms with E-state index >= 15 is 0 Å². The lowest BCUT2D eigenvalue weighted by Gasteiger charge is -2.25. The molecule has 68 heavy (non-hydrogen) atoms. The summed E-state index contributed by atoms with van der Waals surface area (Å²) in [7, 11) is 0. The molecule has 0 aromatic heterocycles. The third kappa shape index (κ3) is 9.59. The molecule has 0 heterocycles. The monoisotopic (exact) mass is 874 g/mol. The highest BCUT2D eigenvalue weighted by molar-refractivity contribution is 6.11. The summed E-state index contributed by atoms with van der Waals surface area (Å²) in [5, 5.41) is 5.05. The maximum Gasteiger partial charge on any atom is 0.0130 e. The minimum Gasteiger partial charge on any atom is -0.0870 e. The first kappa shape index (κ1) is 45.1. The quantitative estimate of drug-likeness (QED) is 0.100. The minimum atomic E-state index is 0.194. The molecule has 0 fully saturated rings. The molecule has 0 spiro atoms. The standard InChI is InChI=1S/C66H52.C2H6/c1-3-22-50(29-21-30-54-45-53-28-13-14-34-59(53)62-36-18-17-35-60(54)62)56-32-15-16-33-58(56)55-43-44-61(52-41-39-49(40-42-52)48-24-8-5-9-25-48)65(46-55)66-47(2)23-7-4-12-31-57(51-26-10-6-11-27-51)63-37-19-20-38-64(63)66;1-2/h3-30,32-46,57H,31H2,1-2H3;1-2H3/b12-4-,22-3-,23-7-,30-21+,50-29+,66-47-;. The summed E-state index contributed by atoms with van der Waals surface area (Å²) < 4.78 is 0. The van der Waals surface area contributed by atoms with Crippen LogP contribution in [-0.4, -0.2) is 0 Å². The van der Waals surface area contributed by atoms with Gasteiger partial charge in [0.2, 0.25) is 0 Å². The van der Waals surface area contributed by atoms with Gasteiger partial charge in [-0.25, -0.2) is 0 Å². The number of allylic oxidation sites excluding steroid dienone is 10. The van der Waals surface area contributed by atoms with E-state index in [1.165, 1.54) is 99.5 Å². The second-order valence-corrected chi connectivity index (χ2v) is 17.1. The Bertz CT molecular complexity index is 3370. The predicted octanol–water partition coefficient (Wildman–Crippen LogP) is 19.2. The van der Waals surface area contributed by atoms with Crippen LogP contribution in [0.1, 0.15) is 73.4 Å². The third-order valence-corrected chi connectivity index (χ3v) is 13.0. The Morgan fingerprint density at radius 2 is 1.12 bits per heavy atom. The Kier molecular flexibility index (Phi) is 14.3. The summed E-state index contributed by atoms with van der Waals surface area (Å²) in [6.45, 7) is 8.38. The molecule has 1 aliphatic carbocycles.